The van der Waals surface area contributed by atoms with Gasteiger partial charge in [0.1, 0.15) is 35.6 Å². The van der Waals surface area contributed by atoms with E-state index in [0.717, 1.165) is 6.92 Å². The molecule has 4 fully saturated rings. The number of Topliss-reactive ketones (excluding diaryl/α,β-unsaturated/α-hetero) is 2. The van der Waals surface area contributed by atoms with Gasteiger partial charge in [0.2, 0.25) is 11.9 Å². The molecular weight excluding hydrogens is 793 g/mol. The van der Waals surface area contributed by atoms with Gasteiger partial charge in [0.15, 0.2) is 37.9 Å². The van der Waals surface area contributed by atoms with Crippen LogP contribution in [-0.4, -0.2) is 129 Å². The Bertz CT molecular complexity index is 2120. The lowest BCUT2D eigenvalue weighted by molar-refractivity contribution is -0.385. The number of rotatable bonds is 10. The molecule has 18 heteroatoms. The number of aliphatic hydroxyl groups is 2. The number of hydrogen-bond donors (Lipinski definition) is 3. The zero-order valence-electron chi connectivity index (χ0n) is 35.4. The van der Waals surface area contributed by atoms with Crippen molar-refractivity contribution in [1.29, 1.82) is 0 Å². The molecule has 0 amide bonds. The fourth-order valence-electron chi connectivity index (χ4n) is 9.66. The topological polar surface area (TPSA) is 217 Å². The quantitative estimate of drug-likeness (QED) is 0.134. The van der Waals surface area contributed by atoms with Gasteiger partial charge >= 0.3 is 5.97 Å². The van der Waals surface area contributed by atoms with Crippen LogP contribution in [-0.2, 0) is 51.9 Å². The third-order valence-electron chi connectivity index (χ3n) is 13.7. The van der Waals surface area contributed by atoms with Crippen molar-refractivity contribution in [1.82, 2.24) is 0 Å². The van der Waals surface area contributed by atoms with Crippen molar-refractivity contribution in [3.63, 3.8) is 0 Å². The van der Waals surface area contributed by atoms with Crippen molar-refractivity contribution in [2.75, 3.05) is 27.9 Å². The molecule has 0 saturated carbocycles. The Morgan fingerprint density at radius 1 is 1.05 bits per heavy atom. The molecule has 5 heterocycles. The van der Waals surface area contributed by atoms with E-state index >= 15 is 0 Å². The van der Waals surface area contributed by atoms with Gasteiger partial charge in [-0.25, -0.2) is 0 Å². The van der Waals surface area contributed by atoms with Gasteiger partial charge in [0, 0.05) is 50.5 Å². The van der Waals surface area contributed by atoms with E-state index in [4.69, 9.17) is 51.8 Å². The van der Waals surface area contributed by atoms with Crippen LogP contribution in [0.2, 0.25) is 18.1 Å². The van der Waals surface area contributed by atoms with Crippen molar-refractivity contribution >= 4 is 36.6 Å². The summed E-state index contributed by atoms with van der Waals surface area (Å²) in [6, 6.07) is 1.76. The van der Waals surface area contributed by atoms with Gasteiger partial charge in [-0.1, -0.05) is 20.8 Å². The molecule has 1 aliphatic carbocycles. The summed E-state index contributed by atoms with van der Waals surface area (Å²) in [4.78, 5) is 39.7. The zero-order valence-corrected chi connectivity index (χ0v) is 36.4. The van der Waals surface area contributed by atoms with E-state index in [0.29, 0.717) is 16.5 Å². The number of hydrogen-bond acceptors (Lipinski definition) is 17. The van der Waals surface area contributed by atoms with Crippen LogP contribution in [0.3, 0.4) is 0 Å². The third-order valence-corrected chi connectivity index (χ3v) is 18.1. The molecule has 5 aliphatic heterocycles. The van der Waals surface area contributed by atoms with E-state index in [-0.39, 0.29) is 52.5 Å². The number of benzene rings is 2. The largest absolute Gasteiger partial charge is 0.506 e. The number of ether oxygens (including phenoxy) is 10. The minimum Gasteiger partial charge on any atom is -0.506 e. The monoisotopic (exact) mass is 846 g/mol. The summed E-state index contributed by atoms with van der Waals surface area (Å²) in [6.45, 7) is 15.7. The summed E-state index contributed by atoms with van der Waals surface area (Å²) in [7, 11) is 1.68. The molecule has 0 aromatic heterocycles. The number of epoxide rings is 1. The van der Waals surface area contributed by atoms with Crippen LogP contribution in [0.5, 0.6) is 17.2 Å². The first kappa shape index (κ1) is 42.4. The highest BCUT2D eigenvalue weighted by Crippen LogP contribution is 2.72. The van der Waals surface area contributed by atoms with E-state index in [1.165, 1.54) is 35.2 Å². The van der Waals surface area contributed by atoms with Crippen molar-refractivity contribution in [2.24, 2.45) is 0 Å². The number of fused-ring (bicyclic) bond motifs is 8. The molecule has 1 spiro atoms. The lowest BCUT2D eigenvalue weighted by Gasteiger charge is -2.52. The number of aromatic hydroxyl groups is 1. The van der Waals surface area contributed by atoms with Crippen LogP contribution in [0.4, 0.5) is 0 Å². The van der Waals surface area contributed by atoms with Crippen molar-refractivity contribution in [3.05, 3.63) is 28.3 Å². The first-order chi connectivity index (χ1) is 27.5. The number of carbonyl (C=O) groups is 3. The van der Waals surface area contributed by atoms with Gasteiger partial charge in [-0.3, -0.25) is 14.4 Å². The minimum absolute atomic E-state index is 0.0407. The smallest absolute Gasteiger partial charge is 0.303 e. The second kappa shape index (κ2) is 13.6. The fourth-order valence-corrected chi connectivity index (χ4v) is 10.9. The van der Waals surface area contributed by atoms with Gasteiger partial charge in [0.05, 0.1) is 36.9 Å². The van der Waals surface area contributed by atoms with Crippen LogP contribution in [0.25, 0.3) is 10.8 Å². The summed E-state index contributed by atoms with van der Waals surface area (Å²) >= 11 is 0. The SMILES string of the molecule is COc1c2c(c(O)c3c4c(c(C)cc13)[C@@H]1O[C@@]3(C(OC)OC)O[C@@H]1[C@@](O[C@H]1C[C@@H](OC(C)=O)[C@@](O)(C(C)=O)[C@H](C)O1)(O4)[C@@]31CO1)C(=O)[C@@H](O[Si](C)(C)C(C)(C)C)C[C@@H]2O. The van der Waals surface area contributed by atoms with Crippen molar-refractivity contribution in [2.45, 2.75) is 151 Å². The van der Waals surface area contributed by atoms with E-state index in [1.54, 1.807) is 6.07 Å². The maximum atomic E-state index is 14.6. The Morgan fingerprint density at radius 2 is 1.71 bits per heavy atom. The molecule has 0 radical (unpaired) electrons. The maximum Gasteiger partial charge on any atom is 0.303 e. The highest BCUT2D eigenvalue weighted by atomic mass is 28.4. The zero-order chi connectivity index (χ0) is 43.2. The molecule has 8 rings (SSSR count). The number of methoxy groups -OCH3 is 3. The molecule has 6 aliphatic rings. The summed E-state index contributed by atoms with van der Waals surface area (Å²) in [5.74, 6) is -5.99. The highest BCUT2D eigenvalue weighted by Gasteiger charge is 2.94. The first-order valence-corrected chi connectivity index (χ1v) is 22.7. The van der Waals surface area contributed by atoms with Crippen LogP contribution in [0.1, 0.15) is 93.6 Å². The molecule has 4 saturated heterocycles. The molecule has 2 aromatic rings. The van der Waals surface area contributed by atoms with Crippen LogP contribution in [0, 0.1) is 6.92 Å². The lowest BCUT2D eigenvalue weighted by atomic mass is 9.77. The first-order valence-electron chi connectivity index (χ1n) is 19.8. The molecular formula is C41H54O17Si. The lowest BCUT2D eigenvalue weighted by Crippen LogP contribution is -2.72. The summed E-state index contributed by atoms with van der Waals surface area (Å²) in [5.41, 5.74) is -2.79. The number of ketones is 2. The van der Waals surface area contributed by atoms with Crippen LogP contribution < -0.4 is 9.47 Å². The molecule has 11 atom stereocenters. The molecule has 59 heavy (non-hydrogen) atoms. The third kappa shape index (κ3) is 5.54. The average molecular weight is 847 g/mol. The average Bonchev–Trinajstić information content (AvgIpc) is 3.81. The number of phenolic OH excluding ortho intramolecular Hbond substituents is 1. The van der Waals surface area contributed by atoms with Crippen LogP contribution in [0.15, 0.2) is 6.07 Å². The van der Waals surface area contributed by atoms with E-state index < -0.39 is 104 Å². The Kier molecular flexibility index (Phi) is 9.79. The Hall–Kier alpha value is -3.27. The number of esters is 1. The molecule has 17 nitrogen and oxygen atoms in total. The van der Waals surface area contributed by atoms with Crippen molar-refractivity contribution in [3.8, 4) is 17.2 Å². The molecule has 0 unspecified atom stereocenters. The van der Waals surface area contributed by atoms with Crippen LogP contribution >= 0.6 is 0 Å². The number of aliphatic hydroxyl groups excluding tert-OH is 1. The van der Waals surface area contributed by atoms with E-state index in [9.17, 15) is 29.7 Å². The predicted molar refractivity (Wildman–Crippen MR) is 205 cm³/mol. The molecule has 3 N–H and O–H groups in total. The van der Waals surface area contributed by atoms with Gasteiger partial charge in [-0.2, -0.15) is 0 Å². The summed E-state index contributed by atoms with van der Waals surface area (Å²) < 4.78 is 69.6. The second-order valence-corrected chi connectivity index (χ2v) is 22.7. The Labute approximate surface area is 342 Å². The normalized spacial score (nSPS) is 37.1. The van der Waals surface area contributed by atoms with Gasteiger partial charge in [-0.05, 0) is 50.5 Å². The molecule has 324 valence electrons. The standard InChI is InChI=1S/C41H54O17Si/c1-17-13-21-27(31(46)29-28(32(21)48-8)22(44)14-23(30(29)45)58-59(11,12)37(5,6)7)33-26(17)34-35-40(55-33,38(16-51-38)41(56-34,57-35)36(49-9)50-10)54-25-15-24(53-20(4)43)39(47,18(2)42)19(3)52-25/h13,19,22-25,34-36,44,46-47H,14-16H2,1-12H3/t19-,22-,23-,24+,25-,34-,35-,38-,39+,40+,41-/m0/s1. The van der Waals surface area contributed by atoms with Gasteiger partial charge in [-0.15, -0.1) is 0 Å². The van der Waals surface area contributed by atoms with Crippen molar-refractivity contribution < 1.29 is 81.5 Å². The van der Waals surface area contributed by atoms with E-state index in [1.807, 2.05) is 40.8 Å². The maximum absolute atomic E-state index is 14.6. The predicted octanol–water partition coefficient (Wildman–Crippen LogP) is 3.92. The Balaban J connectivity index is 1.32. The molecule has 2 aromatic carbocycles. The minimum atomic E-state index is -2.55. The number of phenols is 1. The fraction of sp³-hybridized carbons (Fsp3) is 0.683. The Morgan fingerprint density at radius 3 is 2.27 bits per heavy atom. The molecule has 2 bridgehead atoms. The number of carbonyl (C=O) groups excluding carboxylic acids is 3. The van der Waals surface area contributed by atoms with E-state index in [2.05, 4.69) is 0 Å². The second-order valence-electron chi connectivity index (χ2n) is 18.0. The van der Waals surface area contributed by atoms with Gasteiger partial charge in [0.25, 0.3) is 11.6 Å². The summed E-state index contributed by atoms with van der Waals surface area (Å²) in [6.07, 6.45) is -9.89. The summed E-state index contributed by atoms with van der Waals surface area (Å²) in [5, 5.41) is 35.9. The number of aryl methyl sites for hydroxylation is 1. The van der Waals surface area contributed by atoms with Gasteiger partial charge < -0.3 is 67.1 Å². The highest BCUT2D eigenvalue weighted by molar-refractivity contribution is 6.74.